The van der Waals surface area contributed by atoms with Gasteiger partial charge in [0.15, 0.2) is 0 Å². The van der Waals surface area contributed by atoms with E-state index in [2.05, 4.69) is 4.18 Å². The molecule has 1 aliphatic heterocycles. The number of rotatable bonds is 0. The number of allylic oxidation sites excluding steroid dienone is 1. The molecule has 0 aromatic heterocycles. The molecule has 0 saturated heterocycles. The lowest BCUT2D eigenvalue weighted by molar-refractivity contribution is -0.120. The van der Waals surface area contributed by atoms with Crippen LogP contribution in [-0.4, -0.2) is 18.8 Å². The summed E-state index contributed by atoms with van der Waals surface area (Å²) in [4.78, 5) is 10.5. The van der Waals surface area contributed by atoms with Crippen molar-refractivity contribution in [1.29, 1.82) is 0 Å². The van der Waals surface area contributed by atoms with Crippen LogP contribution in [0.25, 0.3) is 0 Å². The molecule has 0 aromatic rings. The summed E-state index contributed by atoms with van der Waals surface area (Å²) < 4.78 is 24.4. The highest BCUT2D eigenvalue weighted by Gasteiger charge is 2.24. The van der Waals surface area contributed by atoms with Crippen molar-refractivity contribution in [3.8, 4) is 0 Å². The van der Waals surface area contributed by atoms with Crippen LogP contribution in [0.3, 0.4) is 0 Å². The summed E-state index contributed by atoms with van der Waals surface area (Å²) in [5.74, 6) is -1.25. The summed E-state index contributed by atoms with van der Waals surface area (Å²) in [5, 5.41) is 10.4. The first-order valence-electron chi connectivity index (χ1n) is 2.57. The van der Waals surface area contributed by atoms with Crippen molar-refractivity contribution in [3.63, 3.8) is 0 Å². The second kappa shape index (κ2) is 2.21. The van der Waals surface area contributed by atoms with Gasteiger partial charge < -0.3 is 9.39 Å². The monoisotopic (exact) mass is 178 g/mol. The highest BCUT2D eigenvalue weighted by Crippen LogP contribution is 2.14. The Morgan fingerprint density at radius 1 is 1.64 bits per heavy atom. The van der Waals surface area contributed by atoms with E-state index in [1.165, 1.54) is 6.92 Å². The fourth-order valence-corrected chi connectivity index (χ4v) is 1.28. The Morgan fingerprint density at radius 3 is 2.64 bits per heavy atom. The molecular weight excluding hydrogens is 174 g/mol. The van der Waals surface area contributed by atoms with Gasteiger partial charge in [-0.1, -0.05) is 0 Å². The minimum Gasteiger partial charge on any atom is -0.740 e. The average molecular weight is 178 g/mol. The van der Waals surface area contributed by atoms with Gasteiger partial charge in [-0.05, 0) is 6.92 Å². The summed E-state index contributed by atoms with van der Waals surface area (Å²) in [7, 11) is -4.40. The summed E-state index contributed by atoms with van der Waals surface area (Å²) in [6.07, 6.45) is 0.800. The molecule has 0 unspecified atom stereocenters. The van der Waals surface area contributed by atoms with Gasteiger partial charge in [0.05, 0.1) is 0 Å². The van der Waals surface area contributed by atoms with Gasteiger partial charge in [0.25, 0.3) is 5.91 Å². The van der Waals surface area contributed by atoms with Gasteiger partial charge in [-0.2, -0.15) is 8.42 Å². The maximum atomic E-state index is 10.5. The van der Waals surface area contributed by atoms with Gasteiger partial charge in [-0.25, -0.2) is 0 Å². The average Bonchev–Trinajstić information content (AvgIpc) is 1.81. The van der Waals surface area contributed by atoms with Crippen molar-refractivity contribution in [2.75, 3.05) is 0 Å². The van der Waals surface area contributed by atoms with Crippen molar-refractivity contribution < 1.29 is 17.4 Å². The predicted molar refractivity (Wildman–Crippen MR) is 34.0 cm³/mol. The fraction of sp³-hybridized carbons (Fsp3) is 0.250. The highest BCUT2D eigenvalue weighted by atomic mass is 32.2. The van der Waals surface area contributed by atoms with E-state index in [1.54, 1.807) is 0 Å². The fourth-order valence-electron chi connectivity index (χ4n) is 0.561. The first-order valence-corrected chi connectivity index (χ1v) is 3.94. The molecule has 0 bridgehead atoms. The lowest BCUT2D eigenvalue weighted by Gasteiger charge is -2.28. The van der Waals surface area contributed by atoms with E-state index in [0.717, 1.165) is 6.08 Å². The third-order valence-corrected chi connectivity index (χ3v) is 2.01. The van der Waals surface area contributed by atoms with Crippen LogP contribution < -0.4 is 0 Å². The maximum Gasteiger partial charge on any atom is 0.402 e. The Hall–Kier alpha value is -1.08. The van der Waals surface area contributed by atoms with Crippen molar-refractivity contribution in [1.82, 2.24) is 4.47 Å². The molecule has 7 heteroatoms. The van der Waals surface area contributed by atoms with E-state index in [4.69, 9.17) is 0 Å². The van der Waals surface area contributed by atoms with E-state index >= 15 is 0 Å². The highest BCUT2D eigenvalue weighted by molar-refractivity contribution is 7.85. The predicted octanol–water partition coefficient (Wildman–Crippen LogP) is -0.508. The molecule has 0 N–H and O–H groups in total. The number of nitrogens with zero attached hydrogens (tertiary/aromatic N) is 1. The van der Waals surface area contributed by atoms with Gasteiger partial charge in [-0.3, -0.25) is 9.26 Å². The Bertz CT molecular complexity index is 315. The Morgan fingerprint density at radius 2 is 2.18 bits per heavy atom. The SMILES string of the molecule is CC1=CC(=O)N([O-])S(=O)(=O)O1. The van der Waals surface area contributed by atoms with Gasteiger partial charge in [0.1, 0.15) is 5.76 Å². The van der Waals surface area contributed by atoms with Gasteiger partial charge in [0.2, 0.25) is 0 Å². The number of hydrogen-bond donors (Lipinski definition) is 0. The molecule has 0 aliphatic carbocycles. The number of amides is 1. The summed E-state index contributed by atoms with van der Waals surface area (Å²) in [6.45, 7) is 1.27. The van der Waals surface area contributed by atoms with Crippen molar-refractivity contribution >= 4 is 16.2 Å². The molecular formula is C4H4NO5S-. The Labute approximate surface area is 62.9 Å². The molecule has 0 aromatic carbocycles. The zero-order valence-corrected chi connectivity index (χ0v) is 6.29. The van der Waals surface area contributed by atoms with Gasteiger partial charge in [0, 0.05) is 6.08 Å². The molecule has 1 amide bonds. The van der Waals surface area contributed by atoms with E-state index in [9.17, 15) is 18.4 Å². The molecule has 0 spiro atoms. The molecule has 0 atom stereocenters. The normalized spacial score (nSPS) is 22.5. The molecule has 1 heterocycles. The van der Waals surface area contributed by atoms with E-state index in [1.807, 2.05) is 0 Å². The third-order valence-electron chi connectivity index (χ3n) is 0.947. The lowest BCUT2D eigenvalue weighted by atomic mass is 10.5. The molecule has 6 nitrogen and oxygen atoms in total. The van der Waals surface area contributed by atoms with Crippen LogP contribution in [0.15, 0.2) is 11.8 Å². The molecule has 62 valence electrons. The largest absolute Gasteiger partial charge is 0.740 e. The smallest absolute Gasteiger partial charge is 0.402 e. The summed E-state index contributed by atoms with van der Waals surface area (Å²) in [6, 6.07) is 0. The Kier molecular flexibility index (Phi) is 1.61. The molecule has 1 rings (SSSR count). The topological polar surface area (TPSA) is 86.7 Å². The first-order chi connectivity index (χ1) is 4.93. The zero-order chi connectivity index (χ0) is 8.65. The quantitative estimate of drug-likeness (QED) is 0.498. The first kappa shape index (κ1) is 8.02. The third kappa shape index (κ3) is 1.33. The maximum absolute atomic E-state index is 10.5. The van der Waals surface area contributed by atoms with Crippen LogP contribution in [0.4, 0.5) is 0 Å². The summed E-state index contributed by atoms with van der Waals surface area (Å²) in [5.41, 5.74) is 0. The van der Waals surface area contributed by atoms with Crippen molar-refractivity contribution in [2.24, 2.45) is 0 Å². The second-order valence-electron chi connectivity index (χ2n) is 1.86. The Balaban J connectivity index is 3.15. The molecule has 0 radical (unpaired) electrons. The molecule has 11 heavy (non-hydrogen) atoms. The number of carbonyl (C=O) groups excluding carboxylic acids is 1. The molecule has 0 fully saturated rings. The van der Waals surface area contributed by atoms with Crippen LogP contribution in [0.2, 0.25) is 0 Å². The second-order valence-corrected chi connectivity index (χ2v) is 3.22. The van der Waals surface area contributed by atoms with Gasteiger partial charge in [-0.15, -0.1) is 0 Å². The number of hydrogen-bond acceptors (Lipinski definition) is 5. The van der Waals surface area contributed by atoms with Crippen LogP contribution in [0, 0.1) is 5.21 Å². The van der Waals surface area contributed by atoms with Crippen LogP contribution in [-0.2, 0) is 19.3 Å². The van der Waals surface area contributed by atoms with Crippen LogP contribution in [0.5, 0.6) is 0 Å². The van der Waals surface area contributed by atoms with Crippen molar-refractivity contribution in [2.45, 2.75) is 6.92 Å². The molecule has 0 saturated carbocycles. The number of carbonyl (C=O) groups is 1. The molecule has 1 aliphatic rings. The number of hydroxylamine groups is 1. The minimum atomic E-state index is -4.40. The van der Waals surface area contributed by atoms with Crippen molar-refractivity contribution in [3.05, 3.63) is 17.0 Å². The van der Waals surface area contributed by atoms with Gasteiger partial charge >= 0.3 is 10.3 Å². The summed E-state index contributed by atoms with van der Waals surface area (Å²) >= 11 is 0. The van der Waals surface area contributed by atoms with E-state index in [-0.39, 0.29) is 5.76 Å². The van der Waals surface area contributed by atoms with Crippen LogP contribution in [0.1, 0.15) is 6.92 Å². The van der Waals surface area contributed by atoms with E-state index in [0.29, 0.717) is 0 Å². The standard InChI is InChI=1S/C4H4NO5S/c1-3-2-4(6)5(7)11(8,9)10-3/h2H,1H3/q-1. The zero-order valence-electron chi connectivity index (χ0n) is 5.47. The minimum absolute atomic E-state index is 0.109. The van der Waals surface area contributed by atoms with Crippen LogP contribution >= 0.6 is 0 Å². The lowest BCUT2D eigenvalue weighted by Crippen LogP contribution is -2.35. The van der Waals surface area contributed by atoms with E-state index < -0.39 is 20.7 Å².